The van der Waals surface area contributed by atoms with Crippen LogP contribution >= 0.6 is 0 Å². The standard InChI is InChI=1S/C14H20O/c1-3-5-11-8-9-13(12-6-4-7-12)14(10-11)15-2/h8-10,12H,3-7H2,1-2H3. The van der Waals surface area contributed by atoms with E-state index in [1.807, 2.05) is 0 Å². The maximum absolute atomic E-state index is 5.49. The molecule has 0 N–H and O–H groups in total. The highest BCUT2D eigenvalue weighted by molar-refractivity contribution is 5.40. The molecule has 0 saturated heterocycles. The van der Waals surface area contributed by atoms with E-state index in [1.54, 1.807) is 7.11 Å². The SMILES string of the molecule is CCCc1ccc(C2CCC2)c(OC)c1. The van der Waals surface area contributed by atoms with Gasteiger partial charge in [0.15, 0.2) is 0 Å². The predicted octanol–water partition coefficient (Wildman–Crippen LogP) is 3.92. The first-order chi connectivity index (χ1) is 7.35. The molecule has 0 bridgehead atoms. The third-order valence-electron chi connectivity index (χ3n) is 3.38. The average Bonchev–Trinajstić information content (AvgIpc) is 2.18. The second-order valence-electron chi connectivity index (χ2n) is 4.45. The highest BCUT2D eigenvalue weighted by atomic mass is 16.5. The predicted molar refractivity (Wildman–Crippen MR) is 63.6 cm³/mol. The largest absolute Gasteiger partial charge is 0.496 e. The first-order valence-corrected chi connectivity index (χ1v) is 6.02. The fourth-order valence-electron chi connectivity index (χ4n) is 2.26. The van der Waals surface area contributed by atoms with Crippen LogP contribution in [0.2, 0.25) is 0 Å². The number of hydrogen-bond acceptors (Lipinski definition) is 1. The molecule has 0 spiro atoms. The lowest BCUT2D eigenvalue weighted by atomic mass is 9.79. The van der Waals surface area contributed by atoms with E-state index in [1.165, 1.54) is 36.8 Å². The Bertz CT molecular complexity index is 326. The molecular formula is C14H20O. The Labute approximate surface area is 92.5 Å². The lowest BCUT2D eigenvalue weighted by Gasteiger charge is -2.27. The number of hydrogen-bond donors (Lipinski definition) is 0. The summed E-state index contributed by atoms with van der Waals surface area (Å²) >= 11 is 0. The number of ether oxygens (including phenoxy) is 1. The van der Waals surface area contributed by atoms with Crippen LogP contribution in [0.1, 0.15) is 49.7 Å². The number of rotatable bonds is 4. The van der Waals surface area contributed by atoms with Gasteiger partial charge >= 0.3 is 0 Å². The van der Waals surface area contributed by atoms with Gasteiger partial charge in [-0.3, -0.25) is 0 Å². The third kappa shape index (κ3) is 2.17. The monoisotopic (exact) mass is 204 g/mol. The van der Waals surface area contributed by atoms with Crippen molar-refractivity contribution < 1.29 is 4.74 Å². The first kappa shape index (κ1) is 10.5. The van der Waals surface area contributed by atoms with Crippen LogP contribution in [0.15, 0.2) is 18.2 Å². The smallest absolute Gasteiger partial charge is 0.122 e. The lowest BCUT2D eigenvalue weighted by Crippen LogP contribution is -2.10. The minimum atomic E-state index is 0.760. The summed E-state index contributed by atoms with van der Waals surface area (Å²) in [5, 5.41) is 0. The van der Waals surface area contributed by atoms with E-state index < -0.39 is 0 Å². The summed E-state index contributed by atoms with van der Waals surface area (Å²) in [6, 6.07) is 6.75. The van der Waals surface area contributed by atoms with Gasteiger partial charge in [-0.1, -0.05) is 31.9 Å². The van der Waals surface area contributed by atoms with Crippen LogP contribution in [-0.2, 0) is 6.42 Å². The summed E-state index contributed by atoms with van der Waals surface area (Å²) in [5.74, 6) is 1.86. The van der Waals surface area contributed by atoms with Crippen molar-refractivity contribution in [1.82, 2.24) is 0 Å². The zero-order valence-electron chi connectivity index (χ0n) is 9.75. The van der Waals surface area contributed by atoms with Gasteiger partial charge in [-0.2, -0.15) is 0 Å². The molecule has 1 aromatic rings. The second-order valence-corrected chi connectivity index (χ2v) is 4.45. The molecule has 2 rings (SSSR count). The maximum Gasteiger partial charge on any atom is 0.122 e. The molecule has 0 heterocycles. The molecule has 1 nitrogen and oxygen atoms in total. The van der Waals surface area contributed by atoms with Crippen molar-refractivity contribution in [1.29, 1.82) is 0 Å². The highest BCUT2D eigenvalue weighted by Gasteiger charge is 2.22. The minimum Gasteiger partial charge on any atom is -0.496 e. The molecule has 15 heavy (non-hydrogen) atoms. The Morgan fingerprint density at radius 3 is 2.67 bits per heavy atom. The van der Waals surface area contributed by atoms with Gasteiger partial charge in [0.05, 0.1) is 7.11 Å². The topological polar surface area (TPSA) is 9.23 Å². The van der Waals surface area contributed by atoms with E-state index in [4.69, 9.17) is 4.74 Å². The summed E-state index contributed by atoms with van der Waals surface area (Å²) < 4.78 is 5.49. The van der Waals surface area contributed by atoms with Crippen LogP contribution in [0.3, 0.4) is 0 Å². The minimum absolute atomic E-state index is 0.760. The molecule has 1 heteroatoms. The van der Waals surface area contributed by atoms with Crippen molar-refractivity contribution in [2.75, 3.05) is 7.11 Å². The van der Waals surface area contributed by atoms with E-state index in [0.29, 0.717) is 0 Å². The molecule has 1 aromatic carbocycles. The third-order valence-corrected chi connectivity index (χ3v) is 3.38. The van der Waals surface area contributed by atoms with Gasteiger partial charge in [-0.15, -0.1) is 0 Å². The van der Waals surface area contributed by atoms with Crippen molar-refractivity contribution in [2.24, 2.45) is 0 Å². The first-order valence-electron chi connectivity index (χ1n) is 6.02. The van der Waals surface area contributed by atoms with Crippen LogP contribution in [-0.4, -0.2) is 7.11 Å². The zero-order chi connectivity index (χ0) is 10.7. The molecule has 82 valence electrons. The van der Waals surface area contributed by atoms with Crippen LogP contribution in [0.25, 0.3) is 0 Å². The highest BCUT2D eigenvalue weighted by Crippen LogP contribution is 2.41. The lowest BCUT2D eigenvalue weighted by molar-refractivity contribution is 0.373. The summed E-state index contributed by atoms with van der Waals surface area (Å²) in [4.78, 5) is 0. The van der Waals surface area contributed by atoms with Gasteiger partial charge in [0.25, 0.3) is 0 Å². The number of aryl methyl sites for hydroxylation is 1. The summed E-state index contributed by atoms with van der Waals surface area (Å²) in [7, 11) is 1.78. The summed E-state index contributed by atoms with van der Waals surface area (Å²) in [5.41, 5.74) is 2.82. The van der Waals surface area contributed by atoms with Gasteiger partial charge in [0.2, 0.25) is 0 Å². The molecule has 1 aliphatic rings. The summed E-state index contributed by atoms with van der Waals surface area (Å²) in [6.07, 6.45) is 6.41. The molecule has 0 radical (unpaired) electrons. The number of methoxy groups -OCH3 is 1. The van der Waals surface area contributed by atoms with Crippen LogP contribution < -0.4 is 4.74 Å². The average molecular weight is 204 g/mol. The van der Waals surface area contributed by atoms with Crippen LogP contribution in [0.4, 0.5) is 0 Å². The van der Waals surface area contributed by atoms with E-state index in [9.17, 15) is 0 Å². The summed E-state index contributed by atoms with van der Waals surface area (Å²) in [6.45, 7) is 2.21. The fourth-order valence-corrected chi connectivity index (χ4v) is 2.26. The Balaban J connectivity index is 2.22. The molecule has 0 unspecified atom stereocenters. The van der Waals surface area contributed by atoms with E-state index >= 15 is 0 Å². The zero-order valence-corrected chi connectivity index (χ0v) is 9.75. The molecule has 1 saturated carbocycles. The molecule has 1 fully saturated rings. The Morgan fingerprint density at radius 1 is 1.33 bits per heavy atom. The van der Waals surface area contributed by atoms with E-state index in [0.717, 1.165) is 18.1 Å². The van der Waals surface area contributed by atoms with Crippen molar-refractivity contribution in [3.63, 3.8) is 0 Å². The van der Waals surface area contributed by atoms with Gasteiger partial charge in [-0.05, 0) is 42.4 Å². The van der Waals surface area contributed by atoms with E-state index in [-0.39, 0.29) is 0 Å². The van der Waals surface area contributed by atoms with Crippen molar-refractivity contribution in [3.8, 4) is 5.75 Å². The van der Waals surface area contributed by atoms with Crippen LogP contribution in [0.5, 0.6) is 5.75 Å². The van der Waals surface area contributed by atoms with E-state index in [2.05, 4.69) is 25.1 Å². The normalized spacial score (nSPS) is 16.1. The fraction of sp³-hybridized carbons (Fsp3) is 0.571. The van der Waals surface area contributed by atoms with Gasteiger partial charge in [-0.25, -0.2) is 0 Å². The van der Waals surface area contributed by atoms with Crippen molar-refractivity contribution >= 4 is 0 Å². The Hall–Kier alpha value is -0.980. The molecule has 1 aliphatic carbocycles. The van der Waals surface area contributed by atoms with Gasteiger partial charge in [0.1, 0.15) is 5.75 Å². The quantitative estimate of drug-likeness (QED) is 0.722. The molecule has 0 atom stereocenters. The number of benzene rings is 1. The van der Waals surface area contributed by atoms with Crippen molar-refractivity contribution in [2.45, 2.75) is 44.9 Å². The molecule has 0 aliphatic heterocycles. The molecule has 0 aromatic heterocycles. The van der Waals surface area contributed by atoms with Gasteiger partial charge < -0.3 is 4.74 Å². The second kappa shape index (κ2) is 4.69. The van der Waals surface area contributed by atoms with Crippen molar-refractivity contribution in [3.05, 3.63) is 29.3 Å². The van der Waals surface area contributed by atoms with Crippen LogP contribution in [0, 0.1) is 0 Å². The molecular weight excluding hydrogens is 184 g/mol. The Kier molecular flexibility index (Phi) is 3.30. The van der Waals surface area contributed by atoms with Gasteiger partial charge in [0, 0.05) is 0 Å². The molecule has 0 amide bonds. The Morgan fingerprint density at radius 2 is 2.13 bits per heavy atom. The maximum atomic E-state index is 5.49.